The summed E-state index contributed by atoms with van der Waals surface area (Å²) >= 11 is 0. The van der Waals surface area contributed by atoms with E-state index in [0.717, 1.165) is 0 Å². The predicted molar refractivity (Wildman–Crippen MR) is 50.7 cm³/mol. The maximum absolute atomic E-state index is 12.9. The summed E-state index contributed by atoms with van der Waals surface area (Å²) < 4.78 is 27.0. The van der Waals surface area contributed by atoms with Gasteiger partial charge in [-0.05, 0) is 12.8 Å². The van der Waals surface area contributed by atoms with Crippen LogP contribution in [-0.4, -0.2) is 20.8 Å². The van der Waals surface area contributed by atoms with Crippen LogP contribution in [0.1, 0.15) is 37.4 Å². The summed E-state index contributed by atoms with van der Waals surface area (Å²) in [6, 6.07) is 0. The van der Waals surface area contributed by atoms with Crippen LogP contribution in [0.15, 0.2) is 0 Å². The van der Waals surface area contributed by atoms with E-state index in [2.05, 4.69) is 10.2 Å². The summed E-state index contributed by atoms with van der Waals surface area (Å²) in [5.41, 5.74) is 5.42. The Morgan fingerprint density at radius 2 is 1.87 bits per heavy atom. The van der Waals surface area contributed by atoms with Gasteiger partial charge >= 0.3 is 0 Å². The number of rotatable bonds is 1. The molecule has 5 nitrogen and oxygen atoms in total. The van der Waals surface area contributed by atoms with Crippen LogP contribution in [0.3, 0.4) is 0 Å². The first-order valence-corrected chi connectivity index (χ1v) is 4.83. The van der Waals surface area contributed by atoms with Crippen molar-refractivity contribution in [2.24, 2.45) is 0 Å². The molecular weight excluding hydrogens is 204 g/mol. The Hall–Kier alpha value is -1.40. The normalized spacial score (nSPS) is 21.7. The maximum Gasteiger partial charge on any atom is 0.248 e. The molecule has 1 aromatic rings. The smallest absolute Gasteiger partial charge is 0.248 e. The maximum atomic E-state index is 12.9. The van der Waals surface area contributed by atoms with Gasteiger partial charge in [-0.25, -0.2) is 13.5 Å². The summed E-state index contributed by atoms with van der Waals surface area (Å²) in [5.74, 6) is 3.60. The molecule has 1 fully saturated rings. The third-order valence-electron chi connectivity index (χ3n) is 2.83. The lowest BCUT2D eigenvalue weighted by Crippen LogP contribution is -2.26. The zero-order chi connectivity index (χ0) is 11.1. The van der Waals surface area contributed by atoms with E-state index in [9.17, 15) is 8.78 Å². The zero-order valence-corrected chi connectivity index (χ0v) is 8.16. The predicted octanol–water partition coefficient (Wildman–Crippen LogP) is 0.867. The molecule has 2 rings (SSSR count). The van der Waals surface area contributed by atoms with Crippen molar-refractivity contribution in [1.29, 1.82) is 0 Å². The lowest BCUT2D eigenvalue weighted by molar-refractivity contribution is -0.0389. The Bertz CT molecular complexity index is 352. The van der Waals surface area contributed by atoms with Gasteiger partial charge in [0.15, 0.2) is 5.82 Å². The van der Waals surface area contributed by atoms with E-state index in [-0.39, 0.29) is 24.7 Å². The molecule has 7 heteroatoms. The van der Waals surface area contributed by atoms with E-state index in [0.29, 0.717) is 18.7 Å². The van der Waals surface area contributed by atoms with E-state index in [1.165, 1.54) is 4.68 Å². The molecule has 0 amide bonds. The SMILES string of the molecule is Nc1nnc(C2CCC(F)(F)CC2)n1N. The molecule has 0 bridgehead atoms. The quantitative estimate of drug-likeness (QED) is 0.683. The highest BCUT2D eigenvalue weighted by molar-refractivity contribution is 5.19. The van der Waals surface area contributed by atoms with Crippen LogP contribution in [0.2, 0.25) is 0 Å². The van der Waals surface area contributed by atoms with Gasteiger partial charge in [0.1, 0.15) is 0 Å². The van der Waals surface area contributed by atoms with Gasteiger partial charge in [-0.15, -0.1) is 10.2 Å². The molecule has 1 aliphatic rings. The van der Waals surface area contributed by atoms with Crippen molar-refractivity contribution in [2.75, 3.05) is 11.6 Å². The first-order chi connectivity index (χ1) is 6.99. The highest BCUT2D eigenvalue weighted by Crippen LogP contribution is 2.40. The largest absolute Gasteiger partial charge is 0.366 e. The van der Waals surface area contributed by atoms with Gasteiger partial charge in [0.05, 0.1) is 0 Å². The molecule has 0 atom stereocenters. The molecule has 0 aliphatic heterocycles. The van der Waals surface area contributed by atoms with Crippen LogP contribution in [0.5, 0.6) is 0 Å². The summed E-state index contributed by atoms with van der Waals surface area (Å²) in [4.78, 5) is 0. The van der Waals surface area contributed by atoms with Crippen molar-refractivity contribution in [3.05, 3.63) is 5.82 Å². The van der Waals surface area contributed by atoms with E-state index in [1.807, 2.05) is 0 Å². The number of anilines is 1. The highest BCUT2D eigenvalue weighted by Gasteiger charge is 2.37. The Balaban J connectivity index is 2.11. The third-order valence-corrected chi connectivity index (χ3v) is 2.83. The van der Waals surface area contributed by atoms with Crippen LogP contribution in [0.25, 0.3) is 0 Å². The van der Waals surface area contributed by atoms with Crippen molar-refractivity contribution in [2.45, 2.75) is 37.5 Å². The molecule has 0 spiro atoms. The van der Waals surface area contributed by atoms with Crippen molar-refractivity contribution >= 4 is 5.95 Å². The minimum Gasteiger partial charge on any atom is -0.366 e. The Labute approximate surface area is 85.4 Å². The number of nitrogens with two attached hydrogens (primary N) is 2. The summed E-state index contributed by atoms with van der Waals surface area (Å²) in [6.45, 7) is 0. The van der Waals surface area contributed by atoms with Crippen molar-refractivity contribution in [1.82, 2.24) is 14.9 Å². The van der Waals surface area contributed by atoms with E-state index >= 15 is 0 Å². The van der Waals surface area contributed by atoms with Crippen molar-refractivity contribution < 1.29 is 8.78 Å². The third kappa shape index (κ3) is 1.86. The molecule has 84 valence electrons. The second-order valence-electron chi connectivity index (χ2n) is 3.92. The Morgan fingerprint density at radius 3 is 2.33 bits per heavy atom. The van der Waals surface area contributed by atoms with Crippen LogP contribution < -0.4 is 11.6 Å². The molecule has 0 unspecified atom stereocenters. The molecule has 15 heavy (non-hydrogen) atoms. The Kier molecular flexibility index (Phi) is 2.24. The average Bonchev–Trinajstić information content (AvgIpc) is 2.49. The van der Waals surface area contributed by atoms with Crippen LogP contribution in [0.4, 0.5) is 14.7 Å². The minimum atomic E-state index is -2.54. The fraction of sp³-hybridized carbons (Fsp3) is 0.750. The molecule has 0 aromatic carbocycles. The summed E-state index contributed by atoms with van der Waals surface area (Å²) in [6.07, 6.45) is 0.513. The first kappa shape index (κ1) is 10.1. The van der Waals surface area contributed by atoms with Gasteiger partial charge in [0, 0.05) is 18.8 Å². The number of nitrogens with zero attached hydrogens (tertiary/aromatic N) is 3. The zero-order valence-electron chi connectivity index (χ0n) is 8.16. The number of nitrogen functional groups attached to an aromatic ring is 2. The Morgan fingerprint density at radius 1 is 1.27 bits per heavy atom. The van der Waals surface area contributed by atoms with Crippen molar-refractivity contribution in [3.8, 4) is 0 Å². The second-order valence-corrected chi connectivity index (χ2v) is 3.92. The molecular formula is C8H13F2N5. The van der Waals surface area contributed by atoms with Gasteiger partial charge < -0.3 is 11.6 Å². The van der Waals surface area contributed by atoms with Gasteiger partial charge in [0.25, 0.3) is 0 Å². The van der Waals surface area contributed by atoms with Crippen LogP contribution in [0, 0.1) is 0 Å². The van der Waals surface area contributed by atoms with Gasteiger partial charge in [-0.3, -0.25) is 0 Å². The van der Waals surface area contributed by atoms with Gasteiger partial charge in [-0.1, -0.05) is 0 Å². The molecule has 0 saturated heterocycles. The van der Waals surface area contributed by atoms with E-state index in [1.54, 1.807) is 0 Å². The fourth-order valence-corrected chi connectivity index (χ4v) is 1.89. The van der Waals surface area contributed by atoms with Crippen LogP contribution >= 0.6 is 0 Å². The molecule has 1 saturated carbocycles. The summed E-state index contributed by atoms with van der Waals surface area (Å²) in [5, 5.41) is 7.41. The highest BCUT2D eigenvalue weighted by atomic mass is 19.3. The first-order valence-electron chi connectivity index (χ1n) is 4.83. The molecule has 1 heterocycles. The summed E-state index contributed by atoms with van der Waals surface area (Å²) in [7, 11) is 0. The molecule has 1 aromatic heterocycles. The molecule has 1 aliphatic carbocycles. The van der Waals surface area contributed by atoms with Crippen LogP contribution in [-0.2, 0) is 0 Å². The monoisotopic (exact) mass is 217 g/mol. The van der Waals surface area contributed by atoms with Gasteiger partial charge in [0.2, 0.25) is 11.9 Å². The molecule has 4 N–H and O–H groups in total. The standard InChI is InChI=1S/C8H13F2N5/c9-8(10)3-1-5(2-4-8)6-13-14-7(11)15(6)12/h5H,1-4,12H2,(H2,11,14). The number of hydrogen-bond acceptors (Lipinski definition) is 4. The lowest BCUT2D eigenvalue weighted by atomic mass is 9.86. The minimum absolute atomic E-state index is 0.0561. The average molecular weight is 217 g/mol. The topological polar surface area (TPSA) is 82.8 Å². The molecule has 0 radical (unpaired) electrons. The van der Waals surface area contributed by atoms with Crippen molar-refractivity contribution in [3.63, 3.8) is 0 Å². The number of aromatic nitrogens is 3. The second kappa shape index (κ2) is 3.32. The fourth-order valence-electron chi connectivity index (χ4n) is 1.89. The number of halogens is 2. The number of alkyl halides is 2. The lowest BCUT2D eigenvalue weighted by Gasteiger charge is -2.27. The van der Waals surface area contributed by atoms with Gasteiger partial charge in [-0.2, -0.15) is 0 Å². The van der Waals surface area contributed by atoms with E-state index in [4.69, 9.17) is 11.6 Å². The van der Waals surface area contributed by atoms with E-state index < -0.39 is 5.92 Å². The number of hydrogen-bond donors (Lipinski definition) is 2.